The lowest BCUT2D eigenvalue weighted by atomic mass is 10.1. The minimum atomic E-state index is 0.00175. The average molecular weight is 470 g/mol. The second-order valence-corrected chi connectivity index (χ2v) is 7.73. The molecule has 2 N–H and O–H groups in total. The second-order valence-electron chi connectivity index (χ2n) is 5.69. The number of fused-ring (bicyclic) bond motifs is 1. The molecule has 132 valence electrons. The van der Waals surface area contributed by atoms with E-state index in [1.807, 2.05) is 37.6 Å². The van der Waals surface area contributed by atoms with Crippen LogP contribution in [0.25, 0.3) is 28.2 Å². The quantitative estimate of drug-likeness (QED) is 0.408. The van der Waals surface area contributed by atoms with Crippen molar-refractivity contribution in [3.63, 3.8) is 0 Å². The molecular weight excluding hydrogens is 450 g/mol. The molecular formula is C16H20IN6OP. The van der Waals surface area contributed by atoms with Crippen LogP contribution in [0.1, 0.15) is 18.3 Å². The SMILES string of the molecule is C=Cc1nn(PI)c2cnc(-c3c(OC(C)CNC)n[nH]c3C)cc12. The van der Waals surface area contributed by atoms with Crippen LogP contribution in [0.3, 0.4) is 0 Å². The molecule has 3 aromatic heterocycles. The molecule has 0 amide bonds. The second kappa shape index (κ2) is 7.80. The number of likely N-dealkylation sites (N-methyl/N-ethyl adjacent to an activating group) is 1. The molecule has 0 spiro atoms. The van der Waals surface area contributed by atoms with Crippen LogP contribution in [0.4, 0.5) is 0 Å². The average Bonchev–Trinajstić information content (AvgIpc) is 3.14. The molecule has 2 unspecified atom stereocenters. The number of aryl methyl sites for hydroxylation is 1. The van der Waals surface area contributed by atoms with Crippen LogP contribution < -0.4 is 10.1 Å². The van der Waals surface area contributed by atoms with Crippen molar-refractivity contribution in [3.05, 3.63) is 30.2 Å². The maximum absolute atomic E-state index is 5.97. The number of nitrogens with one attached hydrogen (secondary N) is 2. The Bertz CT molecular complexity index is 906. The van der Waals surface area contributed by atoms with Gasteiger partial charge in [-0.05, 0) is 55.1 Å². The number of halogens is 1. The predicted octanol–water partition coefficient (Wildman–Crippen LogP) is 3.55. The van der Waals surface area contributed by atoms with Gasteiger partial charge in [0.25, 0.3) is 0 Å². The van der Waals surface area contributed by atoms with Gasteiger partial charge in [0.2, 0.25) is 5.88 Å². The number of hydrogen-bond donors (Lipinski definition) is 2. The Morgan fingerprint density at radius 3 is 3.04 bits per heavy atom. The highest BCUT2D eigenvalue weighted by molar-refractivity contribution is 14.2. The highest BCUT2D eigenvalue weighted by Gasteiger charge is 2.19. The van der Waals surface area contributed by atoms with Gasteiger partial charge >= 0.3 is 0 Å². The number of ether oxygens (including phenoxy) is 1. The first-order chi connectivity index (χ1) is 12.1. The Kier molecular flexibility index (Phi) is 5.71. The summed E-state index contributed by atoms with van der Waals surface area (Å²) in [5.74, 6) is 0.565. The fraction of sp³-hybridized carbons (Fsp3) is 0.312. The minimum absolute atomic E-state index is 0.00175. The Labute approximate surface area is 161 Å². The van der Waals surface area contributed by atoms with Crippen molar-refractivity contribution in [2.24, 2.45) is 0 Å². The molecule has 0 aliphatic heterocycles. The molecule has 3 heterocycles. The zero-order valence-electron chi connectivity index (χ0n) is 14.3. The van der Waals surface area contributed by atoms with Crippen molar-refractivity contribution in [2.75, 3.05) is 13.6 Å². The number of aromatic amines is 1. The molecule has 2 atom stereocenters. The minimum Gasteiger partial charge on any atom is -0.472 e. The lowest BCUT2D eigenvalue weighted by molar-refractivity contribution is 0.212. The molecule has 0 aromatic carbocycles. The molecule has 3 aromatic rings. The fourth-order valence-corrected chi connectivity index (χ4v) is 4.22. The predicted molar refractivity (Wildman–Crippen MR) is 112 cm³/mol. The molecule has 25 heavy (non-hydrogen) atoms. The monoisotopic (exact) mass is 470 g/mol. The van der Waals surface area contributed by atoms with E-state index in [0.29, 0.717) is 12.3 Å². The van der Waals surface area contributed by atoms with Gasteiger partial charge in [0.15, 0.2) is 0 Å². The first-order valence-corrected chi connectivity index (χ1v) is 11.9. The molecule has 0 bridgehead atoms. The molecule has 0 radical (unpaired) electrons. The van der Waals surface area contributed by atoms with Crippen molar-refractivity contribution >= 4 is 45.4 Å². The van der Waals surface area contributed by atoms with E-state index in [1.54, 1.807) is 6.08 Å². The van der Waals surface area contributed by atoms with Gasteiger partial charge in [-0.15, -0.1) is 5.10 Å². The summed E-state index contributed by atoms with van der Waals surface area (Å²) in [6.45, 7) is 8.58. The van der Waals surface area contributed by atoms with Gasteiger partial charge in [-0.25, -0.2) is 4.45 Å². The molecule has 0 saturated heterocycles. The van der Waals surface area contributed by atoms with Gasteiger partial charge in [-0.1, -0.05) is 6.58 Å². The van der Waals surface area contributed by atoms with Gasteiger partial charge in [-0.3, -0.25) is 10.1 Å². The van der Waals surface area contributed by atoms with Crippen LogP contribution in [-0.2, 0) is 0 Å². The summed E-state index contributed by atoms with van der Waals surface area (Å²) in [5, 5.41) is 16.0. The van der Waals surface area contributed by atoms with Gasteiger partial charge in [0, 0.05) is 17.6 Å². The highest BCUT2D eigenvalue weighted by atomic mass is 127. The van der Waals surface area contributed by atoms with E-state index in [4.69, 9.17) is 4.74 Å². The van der Waals surface area contributed by atoms with Crippen LogP contribution in [0.15, 0.2) is 18.8 Å². The van der Waals surface area contributed by atoms with E-state index < -0.39 is 0 Å². The highest BCUT2D eigenvalue weighted by Crippen LogP contribution is 2.35. The van der Waals surface area contributed by atoms with E-state index in [1.165, 1.54) is 0 Å². The third-order valence-electron chi connectivity index (χ3n) is 3.84. The van der Waals surface area contributed by atoms with Crippen LogP contribution >= 0.6 is 28.4 Å². The third-order valence-corrected chi connectivity index (χ3v) is 5.71. The van der Waals surface area contributed by atoms with E-state index in [-0.39, 0.29) is 6.10 Å². The van der Waals surface area contributed by atoms with E-state index >= 15 is 0 Å². The molecule has 9 heteroatoms. The smallest absolute Gasteiger partial charge is 0.242 e. The van der Waals surface area contributed by atoms with Crippen molar-refractivity contribution in [2.45, 2.75) is 20.0 Å². The summed E-state index contributed by atoms with van der Waals surface area (Å²) in [5.41, 5.74) is 4.46. The van der Waals surface area contributed by atoms with Gasteiger partial charge in [0.1, 0.15) is 6.10 Å². The van der Waals surface area contributed by atoms with E-state index in [2.05, 4.69) is 54.2 Å². The standard InChI is InChI=1S/C16H20IN6OP/c1-5-12-11-6-13(19-8-14(11)23(22-12)25-17)15-10(3)20-21-16(15)24-9(2)7-18-4/h5-6,8-9,18,25H,1,7H2,2-4H3,(H,20,21). The fourth-order valence-electron chi connectivity index (χ4n) is 2.70. The normalized spacial score (nSPS) is 13.0. The number of hydrogen-bond acceptors (Lipinski definition) is 5. The summed E-state index contributed by atoms with van der Waals surface area (Å²) < 4.78 is 7.91. The topological polar surface area (TPSA) is 80.7 Å². The molecule has 0 aliphatic rings. The number of H-pyrrole nitrogens is 1. The van der Waals surface area contributed by atoms with Crippen LogP contribution in [-0.4, -0.2) is 44.4 Å². The molecule has 0 fully saturated rings. The Morgan fingerprint density at radius 2 is 2.36 bits per heavy atom. The largest absolute Gasteiger partial charge is 0.472 e. The Balaban J connectivity index is 2.08. The van der Waals surface area contributed by atoms with Crippen LogP contribution in [0.2, 0.25) is 0 Å². The number of nitrogens with zero attached hydrogens (tertiary/aromatic N) is 4. The molecule has 0 saturated carbocycles. The van der Waals surface area contributed by atoms with Crippen molar-refractivity contribution in [1.29, 1.82) is 0 Å². The number of pyridine rings is 1. The summed E-state index contributed by atoms with van der Waals surface area (Å²) in [6, 6.07) is 2.03. The molecule has 0 aliphatic carbocycles. The van der Waals surface area contributed by atoms with E-state index in [0.717, 1.165) is 40.1 Å². The van der Waals surface area contributed by atoms with Crippen molar-refractivity contribution in [3.8, 4) is 17.1 Å². The van der Waals surface area contributed by atoms with Gasteiger partial charge < -0.3 is 10.1 Å². The zero-order chi connectivity index (χ0) is 18.0. The van der Waals surface area contributed by atoms with Gasteiger partial charge in [0.05, 0.1) is 35.0 Å². The molecule has 3 rings (SSSR count). The lowest BCUT2D eigenvalue weighted by Gasteiger charge is -2.13. The number of aromatic nitrogens is 5. The first-order valence-electron chi connectivity index (χ1n) is 7.83. The summed E-state index contributed by atoms with van der Waals surface area (Å²) in [7, 11) is 1.90. The number of rotatable bonds is 7. The zero-order valence-corrected chi connectivity index (χ0v) is 17.5. The maximum Gasteiger partial charge on any atom is 0.242 e. The Hall–Kier alpha value is -1.51. The Morgan fingerprint density at radius 1 is 1.56 bits per heavy atom. The van der Waals surface area contributed by atoms with Gasteiger partial charge in [-0.2, -0.15) is 5.10 Å². The van der Waals surface area contributed by atoms with Crippen LogP contribution in [0, 0.1) is 6.92 Å². The summed E-state index contributed by atoms with van der Waals surface area (Å²) in [4.78, 5) is 4.63. The summed E-state index contributed by atoms with van der Waals surface area (Å²) >= 11 is 2.31. The maximum atomic E-state index is 5.97. The lowest BCUT2D eigenvalue weighted by Crippen LogP contribution is -2.26. The van der Waals surface area contributed by atoms with Crippen LogP contribution in [0.5, 0.6) is 5.88 Å². The molecule has 7 nitrogen and oxygen atoms in total. The third kappa shape index (κ3) is 3.56. The first kappa shape index (κ1) is 18.3. The summed E-state index contributed by atoms with van der Waals surface area (Å²) in [6.07, 6.45) is 4.13. The van der Waals surface area contributed by atoms with Crippen molar-refractivity contribution in [1.82, 2.24) is 30.0 Å². The van der Waals surface area contributed by atoms with E-state index in [9.17, 15) is 0 Å². The van der Waals surface area contributed by atoms with Crippen molar-refractivity contribution < 1.29 is 4.74 Å².